The summed E-state index contributed by atoms with van der Waals surface area (Å²) in [6, 6.07) is 5.83. The van der Waals surface area contributed by atoms with Crippen LogP contribution < -0.4 is 4.72 Å². The minimum Gasteiger partial charge on any atom is -0.331 e. The second kappa shape index (κ2) is 6.79. The van der Waals surface area contributed by atoms with Crippen molar-refractivity contribution in [1.82, 2.24) is 9.55 Å². The third kappa shape index (κ3) is 3.63. The number of sulfonamides is 1. The lowest BCUT2D eigenvalue weighted by Gasteiger charge is -2.07. The van der Waals surface area contributed by atoms with Crippen LogP contribution in [0.1, 0.15) is 19.8 Å². The van der Waals surface area contributed by atoms with Crippen molar-refractivity contribution in [2.75, 3.05) is 4.72 Å². The summed E-state index contributed by atoms with van der Waals surface area (Å²) in [5.41, 5.74) is 0.387. The molecule has 3 rings (SSSR count). The van der Waals surface area contributed by atoms with E-state index >= 15 is 0 Å². The molecule has 0 amide bonds. The van der Waals surface area contributed by atoms with Gasteiger partial charge in [0.2, 0.25) is 0 Å². The number of halogens is 2. The van der Waals surface area contributed by atoms with E-state index in [1.165, 1.54) is 6.20 Å². The van der Waals surface area contributed by atoms with Gasteiger partial charge in [-0.2, -0.15) is 0 Å². The first-order valence-electron chi connectivity index (χ1n) is 7.83. The summed E-state index contributed by atoms with van der Waals surface area (Å²) in [6.45, 7) is 2.67. The van der Waals surface area contributed by atoms with E-state index in [4.69, 9.17) is 0 Å². The second-order valence-corrected chi connectivity index (χ2v) is 7.33. The lowest BCUT2D eigenvalue weighted by atomic mass is 10.3. The predicted octanol–water partition coefficient (Wildman–Crippen LogP) is 3.92. The maximum atomic E-state index is 13.3. The summed E-state index contributed by atoms with van der Waals surface area (Å²) >= 11 is 0. The zero-order valence-corrected chi connectivity index (χ0v) is 14.4. The standard InChI is InChI=1S/C17H17F2N3O2S/c1-2-3-7-22-11-16(15-5-4-6-20-17(15)22)25(23,24)21-14-9-12(18)8-13(19)10-14/h4-6,8-11,21H,2-3,7H2,1H3. The molecule has 2 aromatic heterocycles. The summed E-state index contributed by atoms with van der Waals surface area (Å²) in [6.07, 6.45) is 4.93. The quantitative estimate of drug-likeness (QED) is 0.720. The molecule has 1 aromatic carbocycles. The number of nitrogens with zero attached hydrogens (tertiary/aromatic N) is 2. The van der Waals surface area contributed by atoms with Crippen LogP contribution in [0.2, 0.25) is 0 Å². The Morgan fingerprint density at radius 3 is 2.60 bits per heavy atom. The van der Waals surface area contributed by atoms with Gasteiger partial charge in [-0.3, -0.25) is 4.72 Å². The highest BCUT2D eigenvalue weighted by Crippen LogP contribution is 2.26. The molecular formula is C17H17F2N3O2S. The molecule has 0 aliphatic heterocycles. The van der Waals surface area contributed by atoms with Crippen LogP contribution in [0.4, 0.5) is 14.5 Å². The first-order chi connectivity index (χ1) is 11.9. The van der Waals surface area contributed by atoms with Crippen molar-refractivity contribution in [3.8, 4) is 0 Å². The van der Waals surface area contributed by atoms with Gasteiger partial charge in [-0.25, -0.2) is 22.2 Å². The number of unbranched alkanes of at least 4 members (excludes halogenated alkanes) is 1. The zero-order valence-electron chi connectivity index (χ0n) is 13.5. The number of fused-ring (bicyclic) bond motifs is 1. The lowest BCUT2D eigenvalue weighted by Crippen LogP contribution is -2.13. The van der Waals surface area contributed by atoms with Gasteiger partial charge in [-0.05, 0) is 30.7 Å². The molecule has 0 aliphatic rings. The molecule has 3 aromatic rings. The highest BCUT2D eigenvalue weighted by atomic mass is 32.2. The van der Waals surface area contributed by atoms with Crippen molar-refractivity contribution in [3.05, 3.63) is 54.4 Å². The molecule has 0 unspecified atom stereocenters. The molecule has 0 saturated heterocycles. The molecule has 132 valence electrons. The topological polar surface area (TPSA) is 64.0 Å². The Hall–Kier alpha value is -2.48. The molecular weight excluding hydrogens is 348 g/mol. The van der Waals surface area contributed by atoms with Crippen molar-refractivity contribution in [1.29, 1.82) is 0 Å². The van der Waals surface area contributed by atoms with Crippen LogP contribution in [0, 0.1) is 11.6 Å². The third-order valence-electron chi connectivity index (χ3n) is 3.75. The Kier molecular flexibility index (Phi) is 4.71. The molecule has 0 saturated carbocycles. The highest BCUT2D eigenvalue weighted by molar-refractivity contribution is 7.93. The predicted molar refractivity (Wildman–Crippen MR) is 91.8 cm³/mol. The molecule has 0 aliphatic carbocycles. The summed E-state index contributed by atoms with van der Waals surface area (Å²) in [4.78, 5) is 4.28. The number of pyridine rings is 1. The first kappa shape index (κ1) is 17.3. The molecule has 0 fully saturated rings. The summed E-state index contributed by atoms with van der Waals surface area (Å²) in [7, 11) is -4.02. The van der Waals surface area contributed by atoms with E-state index in [1.54, 1.807) is 22.9 Å². The van der Waals surface area contributed by atoms with Crippen LogP contribution in [0.3, 0.4) is 0 Å². The largest absolute Gasteiger partial charge is 0.331 e. The van der Waals surface area contributed by atoms with Gasteiger partial charge >= 0.3 is 0 Å². The van der Waals surface area contributed by atoms with Crippen LogP contribution in [-0.2, 0) is 16.6 Å². The van der Waals surface area contributed by atoms with Crippen molar-refractivity contribution in [2.24, 2.45) is 0 Å². The molecule has 25 heavy (non-hydrogen) atoms. The summed E-state index contributed by atoms with van der Waals surface area (Å²) < 4.78 is 56.1. The Morgan fingerprint density at radius 1 is 1.20 bits per heavy atom. The number of nitrogens with one attached hydrogen (secondary N) is 1. The number of hydrogen-bond donors (Lipinski definition) is 1. The molecule has 0 bridgehead atoms. The minimum absolute atomic E-state index is 0.0244. The van der Waals surface area contributed by atoms with E-state index in [0.29, 0.717) is 23.6 Å². The number of aromatic nitrogens is 2. The zero-order chi connectivity index (χ0) is 18.0. The number of rotatable bonds is 6. The third-order valence-corrected chi connectivity index (χ3v) is 5.16. The monoisotopic (exact) mass is 365 g/mol. The minimum atomic E-state index is -4.02. The second-order valence-electron chi connectivity index (χ2n) is 5.68. The van der Waals surface area contributed by atoms with Crippen LogP contribution in [0.25, 0.3) is 11.0 Å². The van der Waals surface area contributed by atoms with Crippen molar-refractivity contribution >= 4 is 26.7 Å². The Balaban J connectivity index is 2.04. The fourth-order valence-electron chi connectivity index (χ4n) is 2.63. The average Bonchev–Trinajstić information content (AvgIpc) is 2.91. The molecule has 2 heterocycles. The Bertz CT molecular complexity index is 996. The van der Waals surface area contributed by atoms with Crippen LogP contribution >= 0.6 is 0 Å². The molecule has 0 radical (unpaired) electrons. The maximum absolute atomic E-state index is 13.3. The van der Waals surface area contributed by atoms with Crippen LogP contribution in [-0.4, -0.2) is 18.0 Å². The summed E-state index contributed by atoms with van der Waals surface area (Å²) in [5.74, 6) is -1.71. The van der Waals surface area contributed by atoms with Gasteiger partial charge in [0.25, 0.3) is 10.0 Å². The van der Waals surface area contributed by atoms with Gasteiger partial charge in [0.1, 0.15) is 22.2 Å². The van der Waals surface area contributed by atoms with Crippen molar-refractivity contribution < 1.29 is 17.2 Å². The number of benzene rings is 1. The molecule has 8 heteroatoms. The van der Waals surface area contributed by atoms with E-state index in [0.717, 1.165) is 25.0 Å². The van der Waals surface area contributed by atoms with E-state index in [1.807, 2.05) is 6.92 Å². The van der Waals surface area contributed by atoms with Gasteiger partial charge < -0.3 is 4.57 Å². The lowest BCUT2D eigenvalue weighted by molar-refractivity contribution is 0.584. The van der Waals surface area contributed by atoms with Crippen LogP contribution in [0.5, 0.6) is 0 Å². The Morgan fingerprint density at radius 2 is 1.92 bits per heavy atom. The molecule has 0 spiro atoms. The maximum Gasteiger partial charge on any atom is 0.264 e. The first-order valence-corrected chi connectivity index (χ1v) is 9.32. The fraction of sp³-hybridized carbons (Fsp3) is 0.235. The van der Waals surface area contributed by atoms with Crippen molar-refractivity contribution in [2.45, 2.75) is 31.2 Å². The SMILES string of the molecule is CCCCn1cc(S(=O)(=O)Nc2cc(F)cc(F)c2)c2cccnc21. The van der Waals surface area contributed by atoms with E-state index in [-0.39, 0.29) is 10.6 Å². The van der Waals surface area contributed by atoms with E-state index < -0.39 is 21.7 Å². The summed E-state index contributed by atoms with van der Waals surface area (Å²) in [5, 5.41) is 0.461. The number of hydrogen-bond acceptors (Lipinski definition) is 3. The molecule has 5 nitrogen and oxygen atoms in total. The smallest absolute Gasteiger partial charge is 0.264 e. The Labute approximate surface area is 144 Å². The van der Waals surface area contributed by atoms with Crippen LogP contribution in [0.15, 0.2) is 47.6 Å². The fourth-order valence-corrected chi connectivity index (χ4v) is 3.88. The van der Waals surface area contributed by atoms with Gasteiger partial charge in [0, 0.05) is 30.4 Å². The number of anilines is 1. The van der Waals surface area contributed by atoms with Gasteiger partial charge in [0.05, 0.1) is 5.69 Å². The van der Waals surface area contributed by atoms with Gasteiger partial charge in [-0.1, -0.05) is 13.3 Å². The molecule has 0 atom stereocenters. The normalized spacial score (nSPS) is 11.8. The van der Waals surface area contributed by atoms with Crippen molar-refractivity contribution in [3.63, 3.8) is 0 Å². The molecule has 1 N–H and O–H groups in total. The van der Waals surface area contributed by atoms with Gasteiger partial charge in [0.15, 0.2) is 0 Å². The van der Waals surface area contributed by atoms with E-state index in [9.17, 15) is 17.2 Å². The highest BCUT2D eigenvalue weighted by Gasteiger charge is 2.22. The van der Waals surface area contributed by atoms with E-state index in [2.05, 4.69) is 9.71 Å². The number of aryl methyl sites for hydroxylation is 1. The average molecular weight is 365 g/mol. The van der Waals surface area contributed by atoms with Gasteiger partial charge in [-0.15, -0.1) is 0 Å².